The summed E-state index contributed by atoms with van der Waals surface area (Å²) in [6, 6.07) is 9.39. The topological polar surface area (TPSA) is 113 Å². The molecule has 4 rings (SSSR count). The number of carbonyl (C=O) groups excluding carboxylic acids is 2. The molecule has 3 aromatic rings. The second-order valence-electron chi connectivity index (χ2n) is 7.10. The van der Waals surface area contributed by atoms with E-state index >= 15 is 0 Å². The Hall–Kier alpha value is -3.47. The minimum absolute atomic E-state index is 0.149. The predicted octanol–water partition coefficient (Wildman–Crippen LogP) is 2.60. The van der Waals surface area contributed by atoms with E-state index in [1.54, 1.807) is 18.2 Å². The van der Waals surface area contributed by atoms with Crippen molar-refractivity contribution < 1.29 is 14.0 Å². The van der Waals surface area contributed by atoms with E-state index in [4.69, 9.17) is 0 Å². The van der Waals surface area contributed by atoms with Crippen LogP contribution in [-0.4, -0.2) is 45.8 Å². The molecular weight excluding hydrogens is 421 g/mol. The first kappa shape index (κ1) is 20.8. The highest BCUT2D eigenvalue weighted by molar-refractivity contribution is 7.15. The maximum absolute atomic E-state index is 13.0. The van der Waals surface area contributed by atoms with Crippen LogP contribution in [0.25, 0.3) is 0 Å². The average molecular weight is 441 g/mol. The van der Waals surface area contributed by atoms with Crippen molar-refractivity contribution in [2.24, 2.45) is 0 Å². The summed E-state index contributed by atoms with van der Waals surface area (Å²) in [4.78, 5) is 24.8. The van der Waals surface area contributed by atoms with Gasteiger partial charge < -0.3 is 15.5 Å². The summed E-state index contributed by atoms with van der Waals surface area (Å²) in [6.45, 7) is 1.59. The number of hydrogen-bond acceptors (Lipinski definition) is 8. The first-order valence-corrected chi connectivity index (χ1v) is 10.6. The largest absolute Gasteiger partial charge is 0.355 e. The fourth-order valence-electron chi connectivity index (χ4n) is 3.39. The third-order valence-corrected chi connectivity index (χ3v) is 5.99. The molecule has 0 unspecified atom stereocenters. The van der Waals surface area contributed by atoms with E-state index < -0.39 is 0 Å². The minimum Gasteiger partial charge on any atom is -0.355 e. The molecule has 1 saturated heterocycles. The molecule has 31 heavy (non-hydrogen) atoms. The molecule has 2 aromatic heterocycles. The fraction of sp³-hybridized carbons (Fsp3) is 0.300. The molecular formula is C20H20FN7O2S. The third kappa shape index (κ3) is 5.37. The van der Waals surface area contributed by atoms with Crippen molar-refractivity contribution in [2.75, 3.05) is 28.6 Å². The van der Waals surface area contributed by atoms with Crippen LogP contribution < -0.4 is 15.5 Å². The monoisotopic (exact) mass is 441 g/mol. The lowest BCUT2D eigenvalue weighted by atomic mass is 9.98. The van der Waals surface area contributed by atoms with Crippen molar-refractivity contribution in [1.82, 2.24) is 20.4 Å². The first-order chi connectivity index (χ1) is 15.1. The molecule has 0 spiro atoms. The highest BCUT2D eigenvalue weighted by Crippen LogP contribution is 2.32. The molecule has 9 nitrogen and oxygen atoms in total. The number of aromatic nitrogens is 4. The summed E-state index contributed by atoms with van der Waals surface area (Å²) in [7, 11) is 0. The van der Waals surface area contributed by atoms with Gasteiger partial charge in [0.05, 0.1) is 6.42 Å². The third-order valence-electron chi connectivity index (χ3n) is 4.99. The van der Waals surface area contributed by atoms with E-state index in [1.807, 2.05) is 6.07 Å². The number of halogens is 1. The summed E-state index contributed by atoms with van der Waals surface area (Å²) in [6.07, 6.45) is 2.48. The average Bonchev–Trinajstić information content (AvgIpc) is 3.24. The van der Waals surface area contributed by atoms with E-state index in [2.05, 4.69) is 35.9 Å². The van der Waals surface area contributed by atoms with Crippen LogP contribution in [0.4, 0.5) is 21.2 Å². The highest BCUT2D eigenvalue weighted by atomic mass is 32.1. The quantitative estimate of drug-likeness (QED) is 0.542. The molecule has 160 valence electrons. The molecule has 0 aliphatic carbocycles. The lowest BCUT2D eigenvalue weighted by Gasteiger charge is -2.31. The van der Waals surface area contributed by atoms with Gasteiger partial charge in [-0.05, 0) is 42.7 Å². The number of hydrogen-bond donors (Lipinski definition) is 2. The van der Waals surface area contributed by atoms with Crippen LogP contribution in [0.3, 0.4) is 0 Å². The second kappa shape index (κ2) is 9.56. The standard InChI is InChI=1S/C20H20FN7O2S/c21-15-3-1-13(2-4-15)11-18(30)23-20-27-26-19(31-20)14-7-9-28(10-8-14)17-6-5-16(22-12-29)24-25-17/h1-6,12,14H,7-11H2,(H,22,24,29)(H,23,27,30). The van der Waals surface area contributed by atoms with Crippen molar-refractivity contribution >= 4 is 40.4 Å². The van der Waals surface area contributed by atoms with Crippen LogP contribution in [0.15, 0.2) is 36.4 Å². The number of carbonyl (C=O) groups is 2. The lowest BCUT2D eigenvalue weighted by molar-refractivity contribution is -0.115. The number of amides is 2. The van der Waals surface area contributed by atoms with Crippen LogP contribution in [0.5, 0.6) is 0 Å². The van der Waals surface area contributed by atoms with E-state index in [0.29, 0.717) is 17.4 Å². The van der Waals surface area contributed by atoms with Gasteiger partial charge in [-0.3, -0.25) is 9.59 Å². The second-order valence-corrected chi connectivity index (χ2v) is 8.11. The summed E-state index contributed by atoms with van der Waals surface area (Å²) >= 11 is 1.38. The number of nitrogens with zero attached hydrogens (tertiary/aromatic N) is 5. The summed E-state index contributed by atoms with van der Waals surface area (Å²) < 4.78 is 13.0. The molecule has 2 N–H and O–H groups in total. The Labute approximate surface area is 181 Å². The molecule has 0 atom stereocenters. The minimum atomic E-state index is -0.331. The van der Waals surface area contributed by atoms with Gasteiger partial charge in [0.25, 0.3) is 0 Å². The molecule has 0 bridgehead atoms. The normalized spacial score (nSPS) is 14.3. The Bertz CT molecular complexity index is 1030. The summed E-state index contributed by atoms with van der Waals surface area (Å²) in [5.41, 5.74) is 0.731. The van der Waals surface area contributed by atoms with Crippen LogP contribution in [0.2, 0.25) is 0 Å². The predicted molar refractivity (Wildman–Crippen MR) is 115 cm³/mol. The number of piperidine rings is 1. The zero-order chi connectivity index (χ0) is 21.6. The molecule has 1 fully saturated rings. The van der Waals surface area contributed by atoms with Gasteiger partial charge in [-0.1, -0.05) is 23.5 Å². The Morgan fingerprint density at radius 2 is 1.87 bits per heavy atom. The smallest absolute Gasteiger partial charge is 0.230 e. The van der Waals surface area contributed by atoms with Gasteiger partial charge >= 0.3 is 0 Å². The van der Waals surface area contributed by atoms with Gasteiger partial charge in [-0.25, -0.2) is 4.39 Å². The lowest BCUT2D eigenvalue weighted by Crippen LogP contribution is -2.33. The summed E-state index contributed by atoms with van der Waals surface area (Å²) in [5.74, 6) is 0.899. The van der Waals surface area contributed by atoms with Crippen molar-refractivity contribution in [3.8, 4) is 0 Å². The Kier molecular flexibility index (Phi) is 6.41. The maximum atomic E-state index is 13.0. The zero-order valence-electron chi connectivity index (χ0n) is 16.5. The summed E-state index contributed by atoms with van der Waals surface area (Å²) in [5, 5.41) is 23.1. The van der Waals surface area contributed by atoms with Crippen molar-refractivity contribution in [1.29, 1.82) is 0 Å². The van der Waals surface area contributed by atoms with Gasteiger partial charge in [0, 0.05) is 19.0 Å². The maximum Gasteiger partial charge on any atom is 0.230 e. The van der Waals surface area contributed by atoms with E-state index in [0.717, 1.165) is 42.3 Å². The molecule has 0 saturated carbocycles. The van der Waals surface area contributed by atoms with E-state index in [9.17, 15) is 14.0 Å². The number of rotatable bonds is 7. The van der Waals surface area contributed by atoms with Crippen molar-refractivity contribution in [2.45, 2.75) is 25.2 Å². The molecule has 11 heteroatoms. The molecule has 0 radical (unpaired) electrons. The van der Waals surface area contributed by atoms with Crippen molar-refractivity contribution in [3.63, 3.8) is 0 Å². The Morgan fingerprint density at radius 3 is 2.55 bits per heavy atom. The number of nitrogens with one attached hydrogen (secondary N) is 2. The van der Waals surface area contributed by atoms with Gasteiger partial charge in [0.2, 0.25) is 17.4 Å². The number of anilines is 3. The molecule has 2 amide bonds. The van der Waals surface area contributed by atoms with Crippen LogP contribution >= 0.6 is 11.3 Å². The van der Waals surface area contributed by atoms with Gasteiger partial charge in [0.15, 0.2) is 11.6 Å². The molecule has 1 aliphatic rings. The molecule has 1 aliphatic heterocycles. The highest BCUT2D eigenvalue weighted by Gasteiger charge is 2.25. The molecule has 3 heterocycles. The van der Waals surface area contributed by atoms with E-state index in [-0.39, 0.29) is 24.1 Å². The fourth-order valence-corrected chi connectivity index (χ4v) is 4.32. The SMILES string of the molecule is O=CNc1ccc(N2CCC(c3nnc(NC(=O)Cc4ccc(F)cc4)s3)CC2)nn1. The van der Waals surface area contributed by atoms with Crippen LogP contribution in [0.1, 0.15) is 29.3 Å². The number of benzene rings is 1. The van der Waals surface area contributed by atoms with Gasteiger partial charge in [0.1, 0.15) is 10.8 Å². The van der Waals surface area contributed by atoms with Crippen LogP contribution in [-0.2, 0) is 16.0 Å². The van der Waals surface area contributed by atoms with Crippen molar-refractivity contribution in [3.05, 3.63) is 52.8 Å². The molecule has 1 aromatic carbocycles. The van der Waals surface area contributed by atoms with Crippen LogP contribution in [0, 0.1) is 5.82 Å². The zero-order valence-corrected chi connectivity index (χ0v) is 17.3. The Morgan fingerprint density at radius 1 is 1.10 bits per heavy atom. The van der Waals surface area contributed by atoms with E-state index in [1.165, 1.54) is 23.5 Å². The van der Waals surface area contributed by atoms with Gasteiger partial charge in [-0.15, -0.1) is 20.4 Å². The first-order valence-electron chi connectivity index (χ1n) is 9.77. The van der Waals surface area contributed by atoms with Gasteiger partial charge in [-0.2, -0.15) is 0 Å². The Balaban J connectivity index is 1.29.